The van der Waals surface area contributed by atoms with Crippen LogP contribution in [-0.2, 0) is 6.42 Å². The van der Waals surface area contributed by atoms with Crippen molar-refractivity contribution in [3.8, 4) is 11.4 Å². The summed E-state index contributed by atoms with van der Waals surface area (Å²) in [6.07, 6.45) is 8.23. The number of pyridine rings is 2. The SMILES string of the molecule is CC(C)Cc1nc2cnc(-c3ccccn3)cc2n1[C@@H]1CCC[C@@H](O)C1. The summed E-state index contributed by atoms with van der Waals surface area (Å²) in [4.78, 5) is 13.9. The topological polar surface area (TPSA) is 63.8 Å². The molecule has 5 nitrogen and oxygen atoms in total. The molecule has 0 amide bonds. The number of rotatable bonds is 4. The first-order valence-corrected chi connectivity index (χ1v) is 9.58. The largest absolute Gasteiger partial charge is 0.393 e. The van der Waals surface area contributed by atoms with E-state index in [9.17, 15) is 5.11 Å². The highest BCUT2D eigenvalue weighted by Gasteiger charge is 2.26. The van der Waals surface area contributed by atoms with E-state index in [-0.39, 0.29) is 6.10 Å². The van der Waals surface area contributed by atoms with Crippen LogP contribution in [0.1, 0.15) is 51.4 Å². The summed E-state index contributed by atoms with van der Waals surface area (Å²) in [7, 11) is 0. The molecule has 0 aliphatic heterocycles. The molecule has 4 rings (SSSR count). The molecule has 136 valence electrons. The van der Waals surface area contributed by atoms with Crippen molar-refractivity contribution in [3.05, 3.63) is 42.5 Å². The normalized spacial score (nSPS) is 20.8. The van der Waals surface area contributed by atoms with Gasteiger partial charge in [0.1, 0.15) is 11.3 Å². The Labute approximate surface area is 154 Å². The molecule has 1 fully saturated rings. The zero-order valence-corrected chi connectivity index (χ0v) is 15.5. The Hall–Kier alpha value is -2.27. The first-order chi connectivity index (χ1) is 12.6. The van der Waals surface area contributed by atoms with Gasteiger partial charge in [-0.25, -0.2) is 4.98 Å². The monoisotopic (exact) mass is 350 g/mol. The van der Waals surface area contributed by atoms with Crippen molar-refractivity contribution in [1.29, 1.82) is 0 Å². The van der Waals surface area contributed by atoms with Gasteiger partial charge in [0, 0.05) is 18.7 Å². The Balaban J connectivity index is 1.84. The van der Waals surface area contributed by atoms with Crippen LogP contribution in [-0.4, -0.2) is 30.7 Å². The van der Waals surface area contributed by atoms with Gasteiger partial charge in [0.15, 0.2) is 0 Å². The first kappa shape index (κ1) is 17.2. The summed E-state index contributed by atoms with van der Waals surface area (Å²) in [6.45, 7) is 4.44. The van der Waals surface area contributed by atoms with Crippen LogP contribution in [0.15, 0.2) is 36.7 Å². The second-order valence-electron chi connectivity index (χ2n) is 7.74. The Morgan fingerprint density at radius 2 is 2.08 bits per heavy atom. The van der Waals surface area contributed by atoms with Crippen molar-refractivity contribution in [2.75, 3.05) is 0 Å². The summed E-state index contributed by atoms with van der Waals surface area (Å²) in [5.74, 6) is 1.64. The van der Waals surface area contributed by atoms with Crippen molar-refractivity contribution < 1.29 is 5.11 Å². The Morgan fingerprint density at radius 1 is 1.19 bits per heavy atom. The second kappa shape index (κ2) is 7.16. The molecule has 0 saturated heterocycles. The number of hydrogen-bond donors (Lipinski definition) is 1. The molecule has 1 aliphatic rings. The van der Waals surface area contributed by atoms with Crippen molar-refractivity contribution >= 4 is 11.0 Å². The van der Waals surface area contributed by atoms with Crippen LogP contribution >= 0.6 is 0 Å². The predicted molar refractivity (Wildman–Crippen MR) is 103 cm³/mol. The lowest BCUT2D eigenvalue weighted by atomic mass is 9.92. The van der Waals surface area contributed by atoms with E-state index in [1.165, 1.54) is 0 Å². The van der Waals surface area contributed by atoms with E-state index in [1.807, 2.05) is 24.4 Å². The van der Waals surface area contributed by atoms with Gasteiger partial charge < -0.3 is 9.67 Å². The molecule has 0 spiro atoms. The summed E-state index contributed by atoms with van der Waals surface area (Å²) in [6, 6.07) is 8.28. The van der Waals surface area contributed by atoms with Crippen LogP contribution in [0.2, 0.25) is 0 Å². The van der Waals surface area contributed by atoms with Gasteiger partial charge in [-0.2, -0.15) is 0 Å². The maximum Gasteiger partial charge on any atom is 0.110 e. The van der Waals surface area contributed by atoms with E-state index >= 15 is 0 Å². The van der Waals surface area contributed by atoms with E-state index in [2.05, 4.69) is 34.4 Å². The molecule has 3 heterocycles. The highest BCUT2D eigenvalue weighted by Crippen LogP contribution is 2.34. The number of imidazole rings is 1. The second-order valence-corrected chi connectivity index (χ2v) is 7.74. The third kappa shape index (κ3) is 3.36. The molecular weight excluding hydrogens is 324 g/mol. The zero-order valence-electron chi connectivity index (χ0n) is 15.5. The van der Waals surface area contributed by atoms with Gasteiger partial charge in [-0.15, -0.1) is 0 Å². The minimum atomic E-state index is -0.213. The van der Waals surface area contributed by atoms with Crippen LogP contribution in [0.3, 0.4) is 0 Å². The number of hydrogen-bond acceptors (Lipinski definition) is 4. The Bertz CT molecular complexity index is 888. The third-order valence-electron chi connectivity index (χ3n) is 5.15. The fourth-order valence-corrected chi connectivity index (χ4v) is 3.99. The lowest BCUT2D eigenvalue weighted by Crippen LogP contribution is -2.24. The maximum atomic E-state index is 10.2. The first-order valence-electron chi connectivity index (χ1n) is 9.58. The Kier molecular flexibility index (Phi) is 4.72. The quantitative estimate of drug-likeness (QED) is 0.767. The predicted octanol–water partition coefficient (Wildman–Crippen LogP) is 4.17. The van der Waals surface area contributed by atoms with Gasteiger partial charge in [-0.05, 0) is 49.8 Å². The van der Waals surface area contributed by atoms with Crippen LogP contribution in [0.5, 0.6) is 0 Å². The fourth-order valence-electron chi connectivity index (χ4n) is 3.99. The highest BCUT2D eigenvalue weighted by molar-refractivity contribution is 5.79. The summed E-state index contributed by atoms with van der Waals surface area (Å²) < 4.78 is 2.37. The van der Waals surface area contributed by atoms with Crippen LogP contribution in [0.25, 0.3) is 22.4 Å². The van der Waals surface area contributed by atoms with E-state index in [0.29, 0.717) is 12.0 Å². The molecule has 1 N–H and O–H groups in total. The molecular formula is C21H26N4O. The van der Waals surface area contributed by atoms with Crippen molar-refractivity contribution in [1.82, 2.24) is 19.5 Å². The van der Waals surface area contributed by atoms with E-state index in [4.69, 9.17) is 4.98 Å². The van der Waals surface area contributed by atoms with Gasteiger partial charge >= 0.3 is 0 Å². The number of aliphatic hydroxyl groups is 1. The minimum Gasteiger partial charge on any atom is -0.393 e. The van der Waals surface area contributed by atoms with Gasteiger partial charge in [-0.3, -0.25) is 9.97 Å². The standard InChI is InChI=1S/C21H26N4O/c1-14(2)10-21-24-19-13-23-18(17-8-3-4-9-22-17)12-20(19)25(21)15-6-5-7-16(26)11-15/h3-4,8-9,12-16,26H,5-7,10-11H2,1-2H3/t15-,16-/m1/s1. The van der Waals surface area contributed by atoms with Crippen LogP contribution in [0.4, 0.5) is 0 Å². The molecule has 3 aromatic heterocycles. The molecule has 0 bridgehead atoms. The van der Waals surface area contributed by atoms with Crippen LogP contribution < -0.4 is 0 Å². The molecule has 5 heteroatoms. The highest BCUT2D eigenvalue weighted by atomic mass is 16.3. The van der Waals surface area contributed by atoms with E-state index in [1.54, 1.807) is 6.20 Å². The molecule has 26 heavy (non-hydrogen) atoms. The van der Waals surface area contributed by atoms with Crippen LogP contribution in [0, 0.1) is 5.92 Å². The lowest BCUT2D eigenvalue weighted by Gasteiger charge is -2.29. The summed E-state index contributed by atoms with van der Waals surface area (Å²) in [5.41, 5.74) is 3.78. The van der Waals surface area contributed by atoms with Crippen molar-refractivity contribution in [3.63, 3.8) is 0 Å². The van der Waals surface area contributed by atoms with E-state index < -0.39 is 0 Å². The zero-order chi connectivity index (χ0) is 18.1. The van der Waals surface area contributed by atoms with Gasteiger partial charge in [0.05, 0.1) is 29.2 Å². The van der Waals surface area contributed by atoms with Gasteiger partial charge in [0.2, 0.25) is 0 Å². The Morgan fingerprint density at radius 3 is 2.81 bits per heavy atom. The molecule has 0 unspecified atom stereocenters. The molecule has 3 aromatic rings. The summed E-state index contributed by atoms with van der Waals surface area (Å²) >= 11 is 0. The number of fused-ring (bicyclic) bond motifs is 1. The van der Waals surface area contributed by atoms with Crippen molar-refractivity contribution in [2.45, 2.75) is 58.1 Å². The molecule has 0 aromatic carbocycles. The minimum absolute atomic E-state index is 0.213. The number of aliphatic hydroxyl groups excluding tert-OH is 1. The van der Waals surface area contributed by atoms with E-state index in [0.717, 1.165) is 60.3 Å². The van der Waals surface area contributed by atoms with Gasteiger partial charge in [0.25, 0.3) is 0 Å². The fraction of sp³-hybridized carbons (Fsp3) is 0.476. The number of nitrogens with zero attached hydrogens (tertiary/aromatic N) is 4. The van der Waals surface area contributed by atoms with Crippen molar-refractivity contribution in [2.24, 2.45) is 5.92 Å². The maximum absolute atomic E-state index is 10.2. The molecule has 1 saturated carbocycles. The lowest BCUT2D eigenvalue weighted by molar-refractivity contribution is 0.104. The molecule has 0 radical (unpaired) electrons. The van der Waals surface area contributed by atoms with Gasteiger partial charge in [-0.1, -0.05) is 19.9 Å². The number of aromatic nitrogens is 4. The molecule has 1 aliphatic carbocycles. The average Bonchev–Trinajstić information content (AvgIpc) is 2.98. The average molecular weight is 350 g/mol. The third-order valence-corrected chi connectivity index (χ3v) is 5.15. The molecule has 2 atom stereocenters. The summed E-state index contributed by atoms with van der Waals surface area (Å²) in [5, 5.41) is 10.2. The smallest absolute Gasteiger partial charge is 0.110 e.